The Hall–Kier alpha value is -3.80. The number of nitrogens with one attached hydrogen (secondary N) is 1. The molecule has 0 saturated carbocycles. The van der Waals surface area contributed by atoms with Gasteiger partial charge in [-0.2, -0.15) is 5.10 Å². The maximum atomic E-state index is 11.1. The predicted octanol–water partition coefficient (Wildman–Crippen LogP) is 6.42. The zero-order chi connectivity index (χ0) is 25.2. The molecule has 0 unspecified atom stereocenters. The number of hydrogen-bond donors (Lipinski definition) is 2. The number of rotatable bonds is 4. The highest BCUT2D eigenvalue weighted by molar-refractivity contribution is 6.01. The third-order valence-corrected chi connectivity index (χ3v) is 5.78. The van der Waals surface area contributed by atoms with Gasteiger partial charge in [0.05, 0.1) is 11.9 Å². The Bertz CT molecular complexity index is 1230. The van der Waals surface area contributed by atoms with Gasteiger partial charge in [-0.25, -0.2) is 4.99 Å². The van der Waals surface area contributed by atoms with Gasteiger partial charge in [0.2, 0.25) is 6.79 Å². The topological polar surface area (TPSA) is 75.4 Å². The van der Waals surface area contributed by atoms with Crippen LogP contribution in [0.3, 0.4) is 0 Å². The van der Waals surface area contributed by atoms with Gasteiger partial charge in [0, 0.05) is 16.7 Å². The summed E-state index contributed by atoms with van der Waals surface area (Å²) in [4.78, 5) is 4.86. The van der Waals surface area contributed by atoms with Crippen molar-refractivity contribution in [2.24, 2.45) is 10.1 Å². The summed E-state index contributed by atoms with van der Waals surface area (Å²) in [5, 5.41) is 15.6. The molecule has 4 rings (SSSR count). The first kappa shape index (κ1) is 24.3. The molecule has 0 aliphatic carbocycles. The van der Waals surface area contributed by atoms with Gasteiger partial charge in [-0.1, -0.05) is 59.7 Å². The minimum Gasteiger partial charge on any atom is -0.507 e. The number of ether oxygens (including phenoxy) is 2. The molecule has 0 aromatic heterocycles. The van der Waals surface area contributed by atoms with Crippen LogP contribution in [0.4, 0.5) is 5.69 Å². The number of benzene rings is 3. The highest BCUT2D eigenvalue weighted by Gasteiger charge is 2.27. The molecule has 6 nitrogen and oxygen atoms in total. The first-order chi connectivity index (χ1) is 16.5. The number of para-hydroxylation sites is 1. The molecular weight excluding hydrogens is 438 g/mol. The molecule has 3 aromatic rings. The molecule has 6 heteroatoms. The molecule has 182 valence electrons. The molecule has 0 amide bonds. The fraction of sp³-hybridized carbons (Fsp3) is 0.310. The van der Waals surface area contributed by atoms with Crippen molar-refractivity contribution in [2.75, 3.05) is 6.79 Å². The van der Waals surface area contributed by atoms with Gasteiger partial charge in [0.25, 0.3) is 0 Å². The van der Waals surface area contributed by atoms with E-state index < -0.39 is 0 Å². The molecule has 1 heterocycles. The summed E-state index contributed by atoms with van der Waals surface area (Å²) in [5.74, 6) is 2.35. The van der Waals surface area contributed by atoms with Gasteiger partial charge in [0.15, 0.2) is 17.3 Å². The average molecular weight is 472 g/mol. The Morgan fingerprint density at radius 3 is 2.11 bits per heavy atom. The molecule has 0 fully saturated rings. The number of nitrogens with zero attached hydrogens (tertiary/aromatic N) is 2. The Kier molecular flexibility index (Phi) is 6.57. The Labute approximate surface area is 207 Å². The lowest BCUT2D eigenvalue weighted by atomic mass is 9.78. The lowest BCUT2D eigenvalue weighted by Gasteiger charge is -2.28. The summed E-state index contributed by atoms with van der Waals surface area (Å²) >= 11 is 0. The van der Waals surface area contributed by atoms with Gasteiger partial charge in [-0.15, -0.1) is 0 Å². The molecule has 0 atom stereocenters. The van der Waals surface area contributed by atoms with Gasteiger partial charge in [0.1, 0.15) is 5.75 Å². The van der Waals surface area contributed by atoms with Crippen LogP contribution in [0.1, 0.15) is 63.8 Å². The largest absolute Gasteiger partial charge is 0.507 e. The summed E-state index contributed by atoms with van der Waals surface area (Å²) in [6.07, 6.45) is 1.72. The highest BCUT2D eigenvalue weighted by Crippen LogP contribution is 2.40. The lowest BCUT2D eigenvalue weighted by Crippen LogP contribution is -2.23. The van der Waals surface area contributed by atoms with Crippen LogP contribution in [0.15, 0.2) is 70.8 Å². The monoisotopic (exact) mass is 471 g/mol. The van der Waals surface area contributed by atoms with Crippen LogP contribution in [0.2, 0.25) is 0 Å². The Morgan fingerprint density at radius 2 is 1.49 bits per heavy atom. The zero-order valence-corrected chi connectivity index (χ0v) is 21.2. The molecule has 1 aliphatic heterocycles. The second-order valence-electron chi connectivity index (χ2n) is 10.7. The van der Waals surface area contributed by atoms with E-state index in [1.54, 1.807) is 6.21 Å². The number of hydrazone groups is 1. The quantitative estimate of drug-likeness (QED) is 0.262. The highest BCUT2D eigenvalue weighted by atomic mass is 16.7. The van der Waals surface area contributed by atoms with E-state index >= 15 is 0 Å². The third kappa shape index (κ3) is 5.65. The van der Waals surface area contributed by atoms with Crippen molar-refractivity contribution >= 4 is 17.7 Å². The Morgan fingerprint density at radius 1 is 0.857 bits per heavy atom. The van der Waals surface area contributed by atoms with Crippen molar-refractivity contribution < 1.29 is 14.6 Å². The van der Waals surface area contributed by atoms with Crippen molar-refractivity contribution in [3.05, 3.63) is 82.9 Å². The van der Waals surface area contributed by atoms with E-state index in [1.165, 1.54) is 0 Å². The fourth-order valence-corrected chi connectivity index (χ4v) is 3.86. The molecule has 0 saturated heterocycles. The van der Waals surface area contributed by atoms with Gasteiger partial charge in [-0.05, 0) is 58.9 Å². The molecule has 0 bridgehead atoms. The summed E-state index contributed by atoms with van der Waals surface area (Å²) in [6, 6.07) is 19.4. The number of phenols is 1. The van der Waals surface area contributed by atoms with Gasteiger partial charge < -0.3 is 14.6 Å². The van der Waals surface area contributed by atoms with E-state index in [-0.39, 0.29) is 17.6 Å². The van der Waals surface area contributed by atoms with E-state index in [0.717, 1.165) is 33.7 Å². The summed E-state index contributed by atoms with van der Waals surface area (Å²) in [5.41, 5.74) is 6.88. The minimum atomic E-state index is -0.256. The minimum absolute atomic E-state index is 0.231. The van der Waals surface area contributed by atoms with E-state index in [0.29, 0.717) is 17.3 Å². The molecule has 3 aromatic carbocycles. The molecule has 1 aliphatic rings. The third-order valence-electron chi connectivity index (χ3n) is 5.78. The molecule has 2 N–H and O–H groups in total. The van der Waals surface area contributed by atoms with E-state index in [4.69, 9.17) is 14.5 Å². The van der Waals surface area contributed by atoms with E-state index in [2.05, 4.69) is 52.1 Å². The summed E-state index contributed by atoms with van der Waals surface area (Å²) < 4.78 is 10.8. The van der Waals surface area contributed by atoms with Crippen LogP contribution < -0.4 is 14.9 Å². The van der Waals surface area contributed by atoms with Crippen LogP contribution in [0.25, 0.3) is 0 Å². The second-order valence-corrected chi connectivity index (χ2v) is 10.7. The average Bonchev–Trinajstić information content (AvgIpc) is 3.26. The lowest BCUT2D eigenvalue weighted by molar-refractivity contribution is 0.174. The number of fused-ring (bicyclic) bond motifs is 1. The predicted molar refractivity (Wildman–Crippen MR) is 141 cm³/mol. The smallest absolute Gasteiger partial charge is 0.231 e. The SMILES string of the molecule is CC(C)(C)c1cc(C(=Nc2ccccc2)NN=Cc2ccc3c(c2)OCO3)cc(C(C)(C)C)c1O. The van der Waals surface area contributed by atoms with Crippen molar-refractivity contribution in [2.45, 2.75) is 52.4 Å². The first-order valence-corrected chi connectivity index (χ1v) is 11.7. The number of amidine groups is 1. The molecule has 35 heavy (non-hydrogen) atoms. The number of phenolic OH excluding ortho intramolecular Hbond substituents is 1. The second kappa shape index (κ2) is 9.45. The summed E-state index contributed by atoms with van der Waals surface area (Å²) in [7, 11) is 0. The fourth-order valence-electron chi connectivity index (χ4n) is 3.86. The van der Waals surface area contributed by atoms with Gasteiger partial charge in [-0.3, -0.25) is 5.43 Å². The standard InChI is InChI=1S/C29H33N3O3/c1-28(2,3)22-15-20(16-23(26(22)33)29(4,5)6)27(31-21-10-8-7-9-11-21)32-30-17-19-12-13-24-25(14-19)35-18-34-24/h7-17,33H,18H2,1-6H3,(H,31,32). The van der Waals surface area contributed by atoms with Crippen molar-refractivity contribution in [3.8, 4) is 17.2 Å². The molecule has 0 spiro atoms. The van der Waals surface area contributed by atoms with Crippen LogP contribution in [0.5, 0.6) is 17.2 Å². The van der Waals surface area contributed by atoms with Crippen LogP contribution in [-0.2, 0) is 10.8 Å². The molecule has 0 radical (unpaired) electrons. The van der Waals surface area contributed by atoms with Crippen molar-refractivity contribution in [3.63, 3.8) is 0 Å². The normalized spacial score (nSPS) is 13.9. The maximum absolute atomic E-state index is 11.1. The maximum Gasteiger partial charge on any atom is 0.231 e. The number of hydrogen-bond acceptors (Lipinski definition) is 5. The number of aliphatic imine (C=N–C) groups is 1. The Balaban J connectivity index is 1.76. The van der Waals surface area contributed by atoms with Crippen molar-refractivity contribution in [1.29, 1.82) is 0 Å². The van der Waals surface area contributed by atoms with Crippen LogP contribution in [0, 0.1) is 0 Å². The number of aromatic hydroxyl groups is 1. The van der Waals surface area contributed by atoms with E-state index in [1.807, 2.05) is 60.7 Å². The van der Waals surface area contributed by atoms with Crippen molar-refractivity contribution in [1.82, 2.24) is 5.43 Å². The van der Waals surface area contributed by atoms with Crippen LogP contribution in [-0.4, -0.2) is 23.9 Å². The first-order valence-electron chi connectivity index (χ1n) is 11.7. The van der Waals surface area contributed by atoms with Crippen LogP contribution >= 0.6 is 0 Å². The molecular formula is C29H33N3O3. The van der Waals surface area contributed by atoms with Gasteiger partial charge >= 0.3 is 0 Å². The summed E-state index contributed by atoms with van der Waals surface area (Å²) in [6.45, 7) is 12.8. The van der Waals surface area contributed by atoms with E-state index in [9.17, 15) is 5.11 Å². The zero-order valence-electron chi connectivity index (χ0n) is 21.2.